The Bertz CT molecular complexity index is 2990. The van der Waals surface area contributed by atoms with Crippen LogP contribution in [-0.2, 0) is 0 Å². The van der Waals surface area contributed by atoms with E-state index in [0.29, 0.717) is 0 Å². The highest BCUT2D eigenvalue weighted by molar-refractivity contribution is 7.26. The van der Waals surface area contributed by atoms with E-state index in [-0.39, 0.29) is 0 Å². The zero-order chi connectivity index (χ0) is 31.3. The number of imidazole rings is 1. The third-order valence-corrected chi connectivity index (χ3v) is 11.2. The van der Waals surface area contributed by atoms with E-state index in [9.17, 15) is 0 Å². The quantitative estimate of drug-likeness (QED) is 0.189. The summed E-state index contributed by atoms with van der Waals surface area (Å²) < 4.78 is 7.55. The Kier molecular flexibility index (Phi) is 5.26. The van der Waals surface area contributed by atoms with Crippen molar-refractivity contribution in [3.8, 4) is 11.1 Å². The van der Waals surface area contributed by atoms with Crippen molar-refractivity contribution in [2.45, 2.75) is 0 Å². The fourth-order valence-electron chi connectivity index (χ4n) is 8.03. The Morgan fingerprint density at radius 2 is 1.02 bits per heavy atom. The molecule has 0 amide bonds. The molecule has 0 aliphatic carbocycles. The van der Waals surface area contributed by atoms with Gasteiger partial charge in [0.05, 0.1) is 38.1 Å². The van der Waals surface area contributed by atoms with E-state index in [0.717, 1.165) is 11.4 Å². The lowest BCUT2D eigenvalue weighted by molar-refractivity contribution is 1.26. The predicted molar refractivity (Wildman–Crippen MR) is 205 cm³/mol. The molecule has 0 aliphatic rings. The zero-order valence-corrected chi connectivity index (χ0v) is 26.7. The van der Waals surface area contributed by atoms with E-state index in [2.05, 4.69) is 177 Å². The number of thiophene rings is 1. The van der Waals surface area contributed by atoms with Crippen molar-refractivity contribution >= 4 is 92.4 Å². The number of aromatic nitrogens is 2. The number of benzene rings is 7. The minimum absolute atomic E-state index is 1.13. The average molecular weight is 630 g/mol. The first-order valence-electron chi connectivity index (χ1n) is 16.4. The van der Waals surface area contributed by atoms with Crippen molar-refractivity contribution in [1.82, 2.24) is 8.80 Å². The molecule has 3 nitrogen and oxygen atoms in total. The predicted octanol–water partition coefficient (Wildman–Crippen LogP) is 12.6. The summed E-state index contributed by atoms with van der Waals surface area (Å²) in [6.45, 7) is 0. The maximum atomic E-state index is 2.51. The van der Waals surface area contributed by atoms with Crippen molar-refractivity contribution in [2.75, 3.05) is 4.90 Å². The number of hydrogen-bond donors (Lipinski definition) is 0. The third kappa shape index (κ3) is 3.42. The smallest absolute Gasteiger partial charge is 0.131 e. The molecule has 0 N–H and O–H groups in total. The molecule has 48 heavy (non-hydrogen) atoms. The van der Waals surface area contributed by atoms with Crippen molar-refractivity contribution in [3.63, 3.8) is 0 Å². The topological polar surface area (TPSA) is 12.1 Å². The summed E-state index contributed by atoms with van der Waals surface area (Å²) in [5, 5.41) is 6.45. The first-order valence-corrected chi connectivity index (χ1v) is 17.2. The van der Waals surface area contributed by atoms with Gasteiger partial charge in [0, 0.05) is 37.3 Å². The highest BCUT2D eigenvalue weighted by Crippen LogP contribution is 2.49. The molecular formula is C44H27N3S. The second-order valence-electron chi connectivity index (χ2n) is 12.5. The van der Waals surface area contributed by atoms with E-state index >= 15 is 0 Å². The van der Waals surface area contributed by atoms with Gasteiger partial charge in [0.25, 0.3) is 0 Å². The Balaban J connectivity index is 1.27. The maximum absolute atomic E-state index is 2.51. The van der Waals surface area contributed by atoms with Crippen molar-refractivity contribution in [1.29, 1.82) is 0 Å². The summed E-state index contributed by atoms with van der Waals surface area (Å²) in [5.74, 6) is 0. The van der Waals surface area contributed by atoms with Crippen molar-refractivity contribution in [3.05, 3.63) is 164 Å². The molecule has 0 unspecified atom stereocenters. The molecule has 0 bridgehead atoms. The van der Waals surface area contributed by atoms with Gasteiger partial charge in [-0.25, -0.2) is 0 Å². The fraction of sp³-hybridized carbons (Fsp3) is 0. The van der Waals surface area contributed by atoms with Gasteiger partial charge in [0.2, 0.25) is 0 Å². The van der Waals surface area contributed by atoms with Crippen molar-refractivity contribution in [2.24, 2.45) is 0 Å². The molecule has 0 spiro atoms. The van der Waals surface area contributed by atoms with Crippen molar-refractivity contribution < 1.29 is 0 Å². The number of nitrogens with zero attached hydrogens (tertiary/aromatic N) is 3. The molecule has 4 aromatic heterocycles. The Morgan fingerprint density at radius 3 is 1.83 bits per heavy atom. The lowest BCUT2D eigenvalue weighted by Crippen LogP contribution is -2.11. The monoisotopic (exact) mass is 629 g/mol. The SMILES string of the molecule is c1ccc(-c2ccc(N(c3cccc4c3sc3ccccc34)c3cccc4c5c6ccccc6n6c7ccccc7n(c34)c56)cc2)cc1. The standard InChI is InChI=1S/C44H27N3S/c1-2-12-28(13-3-1)29-24-26-30(27-25-29)45(39-22-10-16-32-31-14-5-9-23-40(31)48-43(32)39)38-21-11-17-34-41-33-15-4-6-18-35(33)46-36-19-7-8-20-37(36)47(42(34)38)44(41)46/h1-27H. The molecule has 11 aromatic rings. The lowest BCUT2D eigenvalue weighted by atomic mass is 10.0. The van der Waals surface area contributed by atoms with Gasteiger partial charge in [0.15, 0.2) is 0 Å². The molecule has 4 heterocycles. The van der Waals surface area contributed by atoms with E-state index in [1.54, 1.807) is 0 Å². The highest BCUT2D eigenvalue weighted by Gasteiger charge is 2.27. The molecule has 0 saturated heterocycles. The normalized spacial score (nSPS) is 12.2. The second-order valence-corrected chi connectivity index (χ2v) is 13.6. The van der Waals surface area contributed by atoms with Gasteiger partial charge in [-0.05, 0) is 59.7 Å². The molecule has 0 fully saturated rings. The summed E-state index contributed by atoms with van der Waals surface area (Å²) in [4.78, 5) is 2.49. The Hall–Kier alpha value is -6.10. The minimum Gasteiger partial charge on any atom is -0.307 e. The number of fused-ring (bicyclic) bond motifs is 12. The van der Waals surface area contributed by atoms with Gasteiger partial charge < -0.3 is 4.90 Å². The Labute approximate surface area is 280 Å². The first-order chi connectivity index (χ1) is 23.8. The number of para-hydroxylation sites is 4. The molecule has 0 radical (unpaired) electrons. The minimum atomic E-state index is 1.13. The van der Waals surface area contributed by atoms with Crippen LogP contribution in [-0.4, -0.2) is 8.80 Å². The number of hydrogen-bond acceptors (Lipinski definition) is 2. The van der Waals surface area contributed by atoms with Crippen LogP contribution in [0.2, 0.25) is 0 Å². The molecular weight excluding hydrogens is 603 g/mol. The summed E-state index contributed by atoms with van der Waals surface area (Å²) in [5.41, 5.74) is 12.0. The first kappa shape index (κ1) is 26.0. The molecule has 224 valence electrons. The van der Waals surface area contributed by atoms with Gasteiger partial charge in [-0.1, -0.05) is 115 Å². The van der Waals surface area contributed by atoms with E-state index < -0.39 is 0 Å². The summed E-state index contributed by atoms with van der Waals surface area (Å²) >= 11 is 1.88. The summed E-state index contributed by atoms with van der Waals surface area (Å²) in [7, 11) is 0. The van der Waals surface area contributed by atoms with Crippen LogP contribution in [0.15, 0.2) is 164 Å². The average Bonchev–Trinajstić information content (AvgIpc) is 3.88. The zero-order valence-electron chi connectivity index (χ0n) is 25.8. The number of rotatable bonds is 4. The molecule has 4 heteroatoms. The van der Waals surface area contributed by atoms with E-state index in [1.807, 2.05) is 11.3 Å². The molecule has 0 aliphatic heterocycles. The summed E-state index contributed by atoms with van der Waals surface area (Å²) in [6.07, 6.45) is 0. The van der Waals surface area contributed by atoms with Crippen LogP contribution >= 0.6 is 11.3 Å². The van der Waals surface area contributed by atoms with Gasteiger partial charge in [-0.15, -0.1) is 11.3 Å². The summed E-state index contributed by atoms with van der Waals surface area (Å²) in [6, 6.07) is 59.8. The highest BCUT2D eigenvalue weighted by atomic mass is 32.1. The van der Waals surface area contributed by atoms with Gasteiger partial charge >= 0.3 is 0 Å². The van der Waals surface area contributed by atoms with Gasteiger partial charge in [0.1, 0.15) is 5.65 Å². The van der Waals surface area contributed by atoms with Crippen LogP contribution < -0.4 is 4.90 Å². The van der Waals surface area contributed by atoms with Gasteiger partial charge in [-0.3, -0.25) is 8.80 Å². The molecule has 11 rings (SSSR count). The number of anilines is 3. The van der Waals surface area contributed by atoms with Crippen LogP contribution in [0, 0.1) is 0 Å². The van der Waals surface area contributed by atoms with Crippen LogP contribution in [0.25, 0.3) is 75.2 Å². The maximum Gasteiger partial charge on any atom is 0.131 e. The molecule has 0 saturated carbocycles. The molecule has 7 aromatic carbocycles. The lowest BCUT2D eigenvalue weighted by Gasteiger charge is -2.27. The van der Waals surface area contributed by atoms with Crippen LogP contribution in [0.1, 0.15) is 0 Å². The van der Waals surface area contributed by atoms with E-state index in [1.165, 1.54) is 80.9 Å². The fourth-order valence-corrected chi connectivity index (χ4v) is 9.24. The van der Waals surface area contributed by atoms with Crippen LogP contribution in [0.3, 0.4) is 0 Å². The third-order valence-electron chi connectivity index (χ3n) is 10.0. The second kappa shape index (κ2) is 9.71. The van der Waals surface area contributed by atoms with Gasteiger partial charge in [-0.2, -0.15) is 0 Å². The largest absolute Gasteiger partial charge is 0.307 e. The van der Waals surface area contributed by atoms with Crippen LogP contribution in [0.4, 0.5) is 17.1 Å². The van der Waals surface area contributed by atoms with E-state index in [4.69, 9.17) is 0 Å². The van der Waals surface area contributed by atoms with Crippen LogP contribution in [0.5, 0.6) is 0 Å². The molecule has 0 atom stereocenters. The Morgan fingerprint density at radius 1 is 0.417 bits per heavy atom.